The SMILES string of the molecule is N#Cc1ccc(Cn2c(-c3ccc(N)cc3)csc2=O)cc1. The predicted octanol–water partition coefficient (Wildman–Crippen LogP) is 3.08. The van der Waals surface area contributed by atoms with Crippen molar-refractivity contribution >= 4 is 17.0 Å². The first kappa shape index (κ1) is 14.1. The van der Waals surface area contributed by atoms with Crippen LogP contribution in [0.3, 0.4) is 0 Å². The molecule has 1 heterocycles. The van der Waals surface area contributed by atoms with E-state index in [1.807, 2.05) is 41.8 Å². The van der Waals surface area contributed by atoms with Gasteiger partial charge in [-0.15, -0.1) is 0 Å². The van der Waals surface area contributed by atoms with E-state index in [9.17, 15) is 4.79 Å². The predicted molar refractivity (Wildman–Crippen MR) is 88.7 cm³/mol. The van der Waals surface area contributed by atoms with Gasteiger partial charge in [0, 0.05) is 11.1 Å². The summed E-state index contributed by atoms with van der Waals surface area (Å²) < 4.78 is 1.73. The van der Waals surface area contributed by atoms with E-state index >= 15 is 0 Å². The summed E-state index contributed by atoms with van der Waals surface area (Å²) in [6.07, 6.45) is 0. The molecule has 22 heavy (non-hydrogen) atoms. The van der Waals surface area contributed by atoms with Gasteiger partial charge in [0.2, 0.25) is 0 Å². The summed E-state index contributed by atoms with van der Waals surface area (Å²) in [6, 6.07) is 16.8. The maximum atomic E-state index is 12.1. The molecule has 0 bridgehead atoms. The van der Waals surface area contributed by atoms with Crippen LogP contribution >= 0.6 is 11.3 Å². The van der Waals surface area contributed by atoms with Crippen LogP contribution in [0, 0.1) is 11.3 Å². The summed E-state index contributed by atoms with van der Waals surface area (Å²) in [6.45, 7) is 0.480. The van der Waals surface area contributed by atoms with Gasteiger partial charge in [-0.05, 0) is 35.4 Å². The number of nitrogens with zero attached hydrogens (tertiary/aromatic N) is 2. The molecule has 2 N–H and O–H groups in total. The third-order valence-corrected chi connectivity index (χ3v) is 4.18. The van der Waals surface area contributed by atoms with Crippen LogP contribution in [-0.2, 0) is 6.54 Å². The zero-order valence-corrected chi connectivity index (χ0v) is 12.5. The molecule has 0 atom stereocenters. The lowest BCUT2D eigenvalue weighted by atomic mass is 10.1. The van der Waals surface area contributed by atoms with Gasteiger partial charge in [-0.3, -0.25) is 9.36 Å². The first-order valence-electron chi connectivity index (χ1n) is 6.70. The molecule has 0 radical (unpaired) electrons. The number of benzene rings is 2. The number of nitriles is 1. The van der Waals surface area contributed by atoms with Crippen LogP contribution in [0.1, 0.15) is 11.1 Å². The third-order valence-electron chi connectivity index (χ3n) is 3.41. The molecule has 4 nitrogen and oxygen atoms in total. The van der Waals surface area contributed by atoms with E-state index in [0.717, 1.165) is 16.8 Å². The van der Waals surface area contributed by atoms with E-state index < -0.39 is 0 Å². The molecule has 108 valence electrons. The highest BCUT2D eigenvalue weighted by Gasteiger charge is 2.09. The Morgan fingerprint density at radius 3 is 2.41 bits per heavy atom. The van der Waals surface area contributed by atoms with Crippen LogP contribution in [0.2, 0.25) is 0 Å². The van der Waals surface area contributed by atoms with Gasteiger partial charge < -0.3 is 5.73 Å². The number of aromatic nitrogens is 1. The second kappa shape index (κ2) is 5.88. The highest BCUT2D eigenvalue weighted by Crippen LogP contribution is 2.22. The van der Waals surface area contributed by atoms with Crippen molar-refractivity contribution in [3.63, 3.8) is 0 Å². The quantitative estimate of drug-likeness (QED) is 0.756. The number of nitrogen functional groups attached to an aromatic ring is 1. The van der Waals surface area contributed by atoms with Gasteiger partial charge >= 0.3 is 4.87 Å². The van der Waals surface area contributed by atoms with Gasteiger partial charge in [-0.2, -0.15) is 5.26 Å². The van der Waals surface area contributed by atoms with Gasteiger partial charge in [0.1, 0.15) is 0 Å². The Morgan fingerprint density at radius 1 is 1.09 bits per heavy atom. The minimum atomic E-state index is -0.00353. The maximum absolute atomic E-state index is 12.1. The van der Waals surface area contributed by atoms with E-state index in [4.69, 9.17) is 11.0 Å². The number of rotatable bonds is 3. The number of nitrogens with two attached hydrogens (primary N) is 1. The highest BCUT2D eigenvalue weighted by molar-refractivity contribution is 7.07. The number of thiazole rings is 1. The minimum Gasteiger partial charge on any atom is -0.399 e. The van der Waals surface area contributed by atoms with Crippen molar-refractivity contribution in [2.45, 2.75) is 6.54 Å². The van der Waals surface area contributed by atoms with Crippen molar-refractivity contribution in [2.75, 3.05) is 5.73 Å². The van der Waals surface area contributed by atoms with Crippen LogP contribution < -0.4 is 10.6 Å². The van der Waals surface area contributed by atoms with Crippen LogP contribution in [0.4, 0.5) is 5.69 Å². The molecule has 0 aliphatic rings. The van der Waals surface area contributed by atoms with Crippen LogP contribution in [-0.4, -0.2) is 4.57 Å². The molecule has 3 aromatic rings. The van der Waals surface area contributed by atoms with Gasteiger partial charge in [-0.25, -0.2) is 0 Å². The lowest BCUT2D eigenvalue weighted by molar-refractivity contribution is 0.792. The van der Waals surface area contributed by atoms with Crippen LogP contribution in [0.25, 0.3) is 11.3 Å². The van der Waals surface area contributed by atoms with Crippen molar-refractivity contribution in [1.82, 2.24) is 4.57 Å². The smallest absolute Gasteiger partial charge is 0.307 e. The molecular formula is C17H13N3OS. The third kappa shape index (κ3) is 2.78. The number of hydrogen-bond acceptors (Lipinski definition) is 4. The van der Waals surface area contributed by atoms with Gasteiger partial charge in [0.15, 0.2) is 0 Å². The first-order chi connectivity index (χ1) is 10.7. The van der Waals surface area contributed by atoms with Crippen molar-refractivity contribution < 1.29 is 0 Å². The van der Waals surface area contributed by atoms with E-state index in [1.165, 1.54) is 11.3 Å². The molecule has 0 unspecified atom stereocenters. The zero-order valence-electron chi connectivity index (χ0n) is 11.7. The molecule has 1 aromatic heterocycles. The summed E-state index contributed by atoms with van der Waals surface area (Å²) in [5.41, 5.74) is 9.83. The summed E-state index contributed by atoms with van der Waals surface area (Å²) in [5.74, 6) is 0. The number of anilines is 1. The molecule has 0 amide bonds. The molecule has 5 heteroatoms. The maximum Gasteiger partial charge on any atom is 0.307 e. The summed E-state index contributed by atoms with van der Waals surface area (Å²) in [7, 11) is 0. The fraction of sp³-hybridized carbons (Fsp3) is 0.0588. The average molecular weight is 307 g/mol. The number of hydrogen-bond donors (Lipinski definition) is 1. The van der Waals surface area contributed by atoms with Gasteiger partial charge in [-0.1, -0.05) is 35.6 Å². The highest BCUT2D eigenvalue weighted by atomic mass is 32.1. The lowest BCUT2D eigenvalue weighted by Gasteiger charge is -2.08. The van der Waals surface area contributed by atoms with E-state index in [2.05, 4.69) is 6.07 Å². The second-order valence-electron chi connectivity index (χ2n) is 4.90. The van der Waals surface area contributed by atoms with E-state index in [0.29, 0.717) is 17.8 Å². The average Bonchev–Trinajstić information content (AvgIpc) is 2.90. The van der Waals surface area contributed by atoms with Gasteiger partial charge in [0.05, 0.1) is 23.9 Å². The van der Waals surface area contributed by atoms with Crippen LogP contribution in [0.15, 0.2) is 58.7 Å². The van der Waals surface area contributed by atoms with E-state index in [-0.39, 0.29) is 4.87 Å². The normalized spacial score (nSPS) is 10.3. The Labute approximate surface area is 131 Å². The molecule has 0 aliphatic carbocycles. The zero-order chi connectivity index (χ0) is 15.5. The van der Waals surface area contributed by atoms with Crippen molar-refractivity contribution in [2.24, 2.45) is 0 Å². The monoisotopic (exact) mass is 307 g/mol. The minimum absolute atomic E-state index is 0.00353. The molecule has 3 rings (SSSR count). The Balaban J connectivity index is 1.97. The summed E-state index contributed by atoms with van der Waals surface area (Å²) in [4.78, 5) is 12.1. The van der Waals surface area contributed by atoms with Crippen molar-refractivity contribution in [1.29, 1.82) is 5.26 Å². The topological polar surface area (TPSA) is 71.8 Å². The lowest BCUT2D eigenvalue weighted by Crippen LogP contribution is -2.15. The standard InChI is InChI=1S/C17H13N3OS/c18-9-12-1-3-13(4-2-12)10-20-16(11-22-17(20)21)14-5-7-15(19)8-6-14/h1-8,11H,10,19H2. The van der Waals surface area contributed by atoms with E-state index in [1.54, 1.807) is 16.7 Å². The molecule has 0 fully saturated rings. The molecule has 0 aliphatic heterocycles. The van der Waals surface area contributed by atoms with Gasteiger partial charge in [0.25, 0.3) is 0 Å². The molecule has 0 saturated heterocycles. The molecule has 0 spiro atoms. The summed E-state index contributed by atoms with van der Waals surface area (Å²) in [5, 5.41) is 10.7. The molecular weight excluding hydrogens is 294 g/mol. The molecule has 0 saturated carbocycles. The largest absolute Gasteiger partial charge is 0.399 e. The van der Waals surface area contributed by atoms with Crippen molar-refractivity contribution in [3.8, 4) is 17.3 Å². The van der Waals surface area contributed by atoms with Crippen LogP contribution in [0.5, 0.6) is 0 Å². The Bertz CT molecular complexity index is 883. The van der Waals surface area contributed by atoms with Crippen molar-refractivity contribution in [3.05, 3.63) is 74.7 Å². The Morgan fingerprint density at radius 2 is 1.77 bits per heavy atom. The molecule has 2 aromatic carbocycles. The Kier molecular flexibility index (Phi) is 3.77. The summed E-state index contributed by atoms with van der Waals surface area (Å²) >= 11 is 1.18. The second-order valence-corrected chi connectivity index (χ2v) is 5.72. The fourth-order valence-electron chi connectivity index (χ4n) is 2.23. The Hall–Kier alpha value is -2.84. The first-order valence-corrected chi connectivity index (χ1v) is 7.58. The fourth-order valence-corrected chi connectivity index (χ4v) is 2.99.